The zero-order valence-corrected chi connectivity index (χ0v) is 8.71. The van der Waals surface area contributed by atoms with Crippen LogP contribution in [0.3, 0.4) is 0 Å². The van der Waals surface area contributed by atoms with Crippen LogP contribution in [0.2, 0.25) is 0 Å². The van der Waals surface area contributed by atoms with Crippen LogP contribution in [0.15, 0.2) is 0 Å². The Hall–Kier alpha value is -0.0800. The van der Waals surface area contributed by atoms with E-state index in [9.17, 15) is 0 Å². The van der Waals surface area contributed by atoms with Gasteiger partial charge in [0.1, 0.15) is 0 Å². The minimum atomic E-state index is 0.877. The minimum Gasteiger partial charge on any atom is -0.300 e. The number of hydrogen-bond donors (Lipinski definition) is 0. The molecular weight excluding hydrogens is 160 g/mol. The maximum Gasteiger partial charge on any atom is 0.0223 e. The molecule has 0 aliphatic carbocycles. The van der Waals surface area contributed by atoms with Crippen LogP contribution in [0.4, 0.5) is 0 Å². The van der Waals surface area contributed by atoms with Crippen LogP contribution in [0.1, 0.15) is 26.2 Å². The average molecular weight is 181 g/mol. The van der Waals surface area contributed by atoms with Crippen molar-refractivity contribution in [1.29, 1.82) is 0 Å². The van der Waals surface area contributed by atoms with E-state index in [1.165, 1.54) is 52.0 Å². The fraction of sp³-hybridized carbons (Fsp3) is 0.909. The van der Waals surface area contributed by atoms with Gasteiger partial charge in [-0.25, -0.2) is 0 Å². The fourth-order valence-electron chi connectivity index (χ4n) is 2.64. The molecule has 0 N–H and O–H groups in total. The smallest absolute Gasteiger partial charge is 0.0223 e. The lowest BCUT2D eigenvalue weighted by Gasteiger charge is -2.44. The summed E-state index contributed by atoms with van der Waals surface area (Å²) in [4.78, 5) is 5.28. The zero-order valence-electron chi connectivity index (χ0n) is 8.71. The molecule has 0 aromatic rings. The van der Waals surface area contributed by atoms with E-state index >= 15 is 0 Å². The monoisotopic (exact) mass is 181 g/mol. The number of hydrogen-bond acceptors (Lipinski definition) is 2. The van der Waals surface area contributed by atoms with Crippen molar-refractivity contribution in [3.63, 3.8) is 0 Å². The summed E-state index contributed by atoms with van der Waals surface area (Å²) in [6, 6.07) is 0.877. The van der Waals surface area contributed by atoms with Crippen molar-refractivity contribution in [1.82, 2.24) is 9.80 Å². The second-order valence-electron chi connectivity index (χ2n) is 4.35. The topological polar surface area (TPSA) is 6.48 Å². The van der Waals surface area contributed by atoms with Gasteiger partial charge in [-0.15, -0.1) is 0 Å². The third kappa shape index (κ3) is 2.23. The molecule has 0 aromatic heterocycles. The number of nitrogens with zero attached hydrogens (tertiary/aromatic N) is 2. The largest absolute Gasteiger partial charge is 0.300 e. The SMILES string of the molecule is C[CH]CN1CCN2CCCCC2C1. The summed E-state index contributed by atoms with van der Waals surface area (Å²) >= 11 is 0. The van der Waals surface area contributed by atoms with Gasteiger partial charge in [-0.05, 0) is 25.8 Å². The van der Waals surface area contributed by atoms with Crippen LogP contribution in [0.25, 0.3) is 0 Å². The summed E-state index contributed by atoms with van der Waals surface area (Å²) in [6.07, 6.45) is 6.58. The molecule has 1 unspecified atom stereocenters. The Labute approximate surface area is 81.9 Å². The van der Waals surface area contributed by atoms with E-state index in [-0.39, 0.29) is 0 Å². The van der Waals surface area contributed by atoms with E-state index in [2.05, 4.69) is 23.1 Å². The standard InChI is InChI=1S/C11H21N2/c1-2-6-12-8-9-13-7-4-3-5-11(13)10-12/h2,11H,3-10H2,1H3. The molecule has 2 saturated heterocycles. The second-order valence-corrected chi connectivity index (χ2v) is 4.35. The molecule has 2 aliphatic heterocycles. The molecule has 0 saturated carbocycles. The lowest BCUT2D eigenvalue weighted by Crippen LogP contribution is -2.54. The predicted octanol–water partition coefficient (Wildman–Crippen LogP) is 1.38. The molecule has 0 bridgehead atoms. The summed E-state index contributed by atoms with van der Waals surface area (Å²) in [5, 5.41) is 0. The maximum absolute atomic E-state index is 2.69. The summed E-state index contributed by atoms with van der Waals surface area (Å²) in [5.41, 5.74) is 0. The molecule has 2 nitrogen and oxygen atoms in total. The first-order valence-electron chi connectivity index (χ1n) is 5.64. The first-order chi connectivity index (χ1) is 6.40. The number of piperidine rings is 1. The number of rotatable bonds is 2. The van der Waals surface area contributed by atoms with Crippen molar-refractivity contribution in [2.45, 2.75) is 32.2 Å². The molecule has 0 amide bonds. The summed E-state index contributed by atoms with van der Waals surface area (Å²) in [5.74, 6) is 0. The number of fused-ring (bicyclic) bond motifs is 1. The predicted molar refractivity (Wildman–Crippen MR) is 55.6 cm³/mol. The molecule has 2 heterocycles. The van der Waals surface area contributed by atoms with Gasteiger partial charge in [-0.1, -0.05) is 13.3 Å². The van der Waals surface area contributed by atoms with Gasteiger partial charge >= 0.3 is 0 Å². The highest BCUT2D eigenvalue weighted by molar-refractivity contribution is 4.86. The molecule has 2 fully saturated rings. The van der Waals surface area contributed by atoms with E-state index in [4.69, 9.17) is 0 Å². The Bertz CT molecular complexity index is 158. The molecule has 13 heavy (non-hydrogen) atoms. The van der Waals surface area contributed by atoms with E-state index in [0.717, 1.165) is 6.04 Å². The van der Waals surface area contributed by atoms with Gasteiger partial charge in [-0.3, -0.25) is 4.90 Å². The van der Waals surface area contributed by atoms with Crippen molar-refractivity contribution in [2.75, 3.05) is 32.7 Å². The first-order valence-corrected chi connectivity index (χ1v) is 5.64. The highest BCUT2D eigenvalue weighted by Crippen LogP contribution is 2.20. The van der Waals surface area contributed by atoms with Crippen molar-refractivity contribution in [3.05, 3.63) is 6.42 Å². The average Bonchev–Trinajstić information content (AvgIpc) is 2.18. The Morgan fingerprint density at radius 3 is 3.00 bits per heavy atom. The third-order valence-corrected chi connectivity index (χ3v) is 3.36. The molecule has 0 spiro atoms. The van der Waals surface area contributed by atoms with Gasteiger partial charge in [0.05, 0.1) is 0 Å². The van der Waals surface area contributed by atoms with Crippen LogP contribution in [0, 0.1) is 6.42 Å². The Balaban J connectivity index is 1.84. The highest BCUT2D eigenvalue weighted by Gasteiger charge is 2.27. The molecular formula is C11H21N2. The van der Waals surface area contributed by atoms with Gasteiger partial charge in [0.25, 0.3) is 0 Å². The molecule has 1 atom stereocenters. The summed E-state index contributed by atoms with van der Waals surface area (Å²) in [6.45, 7) is 8.59. The Kier molecular flexibility index (Phi) is 3.23. The van der Waals surface area contributed by atoms with E-state index in [0.29, 0.717) is 0 Å². The van der Waals surface area contributed by atoms with Crippen LogP contribution >= 0.6 is 0 Å². The summed E-state index contributed by atoms with van der Waals surface area (Å²) < 4.78 is 0. The second kappa shape index (κ2) is 4.43. The van der Waals surface area contributed by atoms with Crippen LogP contribution in [0.5, 0.6) is 0 Å². The van der Waals surface area contributed by atoms with Crippen molar-refractivity contribution >= 4 is 0 Å². The van der Waals surface area contributed by atoms with Gasteiger partial charge in [0.15, 0.2) is 0 Å². The van der Waals surface area contributed by atoms with Crippen molar-refractivity contribution in [3.8, 4) is 0 Å². The molecule has 2 heteroatoms. The quantitative estimate of drug-likeness (QED) is 0.635. The van der Waals surface area contributed by atoms with Crippen molar-refractivity contribution < 1.29 is 0 Å². The molecule has 2 aliphatic rings. The molecule has 1 radical (unpaired) electrons. The van der Waals surface area contributed by atoms with Gasteiger partial charge in [-0.2, -0.15) is 0 Å². The first kappa shape index (κ1) is 9.47. The van der Waals surface area contributed by atoms with E-state index in [1.54, 1.807) is 0 Å². The van der Waals surface area contributed by atoms with E-state index in [1.807, 2.05) is 0 Å². The van der Waals surface area contributed by atoms with Gasteiger partial charge in [0, 0.05) is 32.2 Å². The van der Waals surface area contributed by atoms with Crippen molar-refractivity contribution in [2.24, 2.45) is 0 Å². The Morgan fingerprint density at radius 2 is 2.15 bits per heavy atom. The van der Waals surface area contributed by atoms with E-state index < -0.39 is 0 Å². The number of piperazine rings is 1. The van der Waals surface area contributed by atoms with Crippen LogP contribution < -0.4 is 0 Å². The normalized spacial score (nSPS) is 31.6. The minimum absolute atomic E-state index is 0.877. The fourth-order valence-corrected chi connectivity index (χ4v) is 2.64. The van der Waals surface area contributed by atoms with Crippen LogP contribution in [-0.4, -0.2) is 48.6 Å². The Morgan fingerprint density at radius 1 is 1.23 bits per heavy atom. The third-order valence-electron chi connectivity index (χ3n) is 3.36. The molecule has 75 valence electrons. The lowest BCUT2D eigenvalue weighted by atomic mass is 9.99. The molecule has 0 aromatic carbocycles. The lowest BCUT2D eigenvalue weighted by molar-refractivity contribution is 0.0536. The van der Waals surface area contributed by atoms with Gasteiger partial charge < -0.3 is 4.90 Å². The summed E-state index contributed by atoms with van der Waals surface area (Å²) in [7, 11) is 0. The zero-order chi connectivity index (χ0) is 9.10. The molecule has 2 rings (SSSR count). The van der Waals surface area contributed by atoms with Crippen LogP contribution in [-0.2, 0) is 0 Å². The highest BCUT2D eigenvalue weighted by atomic mass is 15.3. The van der Waals surface area contributed by atoms with Gasteiger partial charge in [0.2, 0.25) is 0 Å². The maximum atomic E-state index is 2.69.